The van der Waals surface area contributed by atoms with Crippen molar-refractivity contribution in [1.29, 1.82) is 0 Å². The van der Waals surface area contributed by atoms with E-state index in [9.17, 15) is 5.11 Å². The van der Waals surface area contributed by atoms with E-state index in [4.69, 9.17) is 4.74 Å². The summed E-state index contributed by atoms with van der Waals surface area (Å²) in [5.74, 6) is 2.09. The van der Waals surface area contributed by atoms with Crippen molar-refractivity contribution in [3.8, 4) is 5.75 Å². The number of aliphatic imine (C=N–C) groups is 1. The molecule has 1 aromatic carbocycles. The zero-order chi connectivity index (χ0) is 17.8. The molecule has 0 heterocycles. The van der Waals surface area contributed by atoms with Gasteiger partial charge in [0.2, 0.25) is 0 Å². The maximum atomic E-state index is 9.18. The van der Waals surface area contributed by atoms with Gasteiger partial charge in [-0.2, -0.15) is 0 Å². The van der Waals surface area contributed by atoms with Crippen molar-refractivity contribution in [3.05, 3.63) is 28.2 Å². The fourth-order valence-electron chi connectivity index (χ4n) is 2.56. The van der Waals surface area contributed by atoms with Gasteiger partial charge in [-0.15, -0.1) is 0 Å². The molecule has 0 aromatic heterocycles. The highest BCUT2D eigenvalue weighted by atomic mass is 79.9. The normalized spacial score (nSPS) is 12.8. The number of methoxy groups -OCH3 is 1. The first-order valence-corrected chi connectivity index (χ1v) is 9.39. The summed E-state index contributed by atoms with van der Waals surface area (Å²) < 4.78 is 6.41. The summed E-state index contributed by atoms with van der Waals surface area (Å²) in [5.41, 5.74) is 1.03. The third-order valence-electron chi connectivity index (χ3n) is 3.79. The Hall–Kier alpha value is -1.27. The van der Waals surface area contributed by atoms with Gasteiger partial charge >= 0.3 is 0 Å². The number of aliphatic hydroxyl groups excluding tert-OH is 1. The average Bonchev–Trinajstić information content (AvgIpc) is 2.57. The first-order valence-electron chi connectivity index (χ1n) is 8.60. The van der Waals surface area contributed by atoms with E-state index in [0.29, 0.717) is 12.5 Å². The van der Waals surface area contributed by atoms with Crippen molar-refractivity contribution in [2.45, 2.75) is 39.7 Å². The maximum absolute atomic E-state index is 9.18. The molecule has 1 atom stereocenters. The van der Waals surface area contributed by atoms with Crippen LogP contribution >= 0.6 is 15.9 Å². The second kappa shape index (κ2) is 12.1. The predicted molar refractivity (Wildman–Crippen MR) is 104 cm³/mol. The van der Waals surface area contributed by atoms with Crippen LogP contribution in [0.15, 0.2) is 27.7 Å². The minimum Gasteiger partial charge on any atom is -0.496 e. The summed E-state index contributed by atoms with van der Waals surface area (Å²) in [6.45, 7) is 6.61. The van der Waals surface area contributed by atoms with Crippen LogP contribution in [0.4, 0.5) is 0 Å². The van der Waals surface area contributed by atoms with Gasteiger partial charge in [-0.1, -0.05) is 29.3 Å². The Kier molecular flexibility index (Phi) is 10.5. The largest absolute Gasteiger partial charge is 0.496 e. The van der Waals surface area contributed by atoms with Gasteiger partial charge < -0.3 is 20.5 Å². The molecule has 136 valence electrons. The molecule has 0 bridgehead atoms. The summed E-state index contributed by atoms with van der Waals surface area (Å²) in [6, 6.07) is 5.92. The number of benzene rings is 1. The van der Waals surface area contributed by atoms with E-state index >= 15 is 0 Å². The van der Waals surface area contributed by atoms with E-state index in [0.717, 1.165) is 54.1 Å². The lowest BCUT2D eigenvalue weighted by atomic mass is 10.0. The summed E-state index contributed by atoms with van der Waals surface area (Å²) in [4.78, 5) is 4.66. The summed E-state index contributed by atoms with van der Waals surface area (Å²) >= 11 is 3.49. The lowest BCUT2D eigenvalue weighted by Crippen LogP contribution is -2.40. The molecule has 3 N–H and O–H groups in total. The van der Waals surface area contributed by atoms with E-state index in [2.05, 4.69) is 38.5 Å². The Morgan fingerprint density at radius 2 is 2.08 bits per heavy atom. The lowest BCUT2D eigenvalue weighted by molar-refractivity contribution is 0.251. The van der Waals surface area contributed by atoms with E-state index in [1.807, 2.05) is 25.1 Å². The highest BCUT2D eigenvalue weighted by molar-refractivity contribution is 9.10. The van der Waals surface area contributed by atoms with Crippen LogP contribution in [-0.4, -0.2) is 37.9 Å². The summed E-state index contributed by atoms with van der Waals surface area (Å²) in [6.07, 6.45) is 3.04. The van der Waals surface area contributed by atoms with Crippen molar-refractivity contribution in [2.75, 3.05) is 26.8 Å². The van der Waals surface area contributed by atoms with Crippen LogP contribution in [0.5, 0.6) is 5.75 Å². The number of halogens is 1. The minimum atomic E-state index is 0.231. The van der Waals surface area contributed by atoms with Gasteiger partial charge in [0.1, 0.15) is 5.75 Å². The zero-order valence-corrected chi connectivity index (χ0v) is 16.5. The predicted octanol–water partition coefficient (Wildman–Crippen LogP) is 3.31. The molecule has 0 aliphatic heterocycles. The molecule has 0 fully saturated rings. The Balaban J connectivity index is 2.73. The Labute approximate surface area is 154 Å². The molecular weight excluding hydrogens is 370 g/mol. The van der Waals surface area contributed by atoms with Gasteiger partial charge in [-0.3, -0.25) is 0 Å². The number of nitrogens with zero attached hydrogens (tertiary/aromatic N) is 1. The molecular formula is C18H30BrN3O2. The molecule has 5 nitrogen and oxygen atoms in total. The number of aliphatic hydroxyl groups is 1. The minimum absolute atomic E-state index is 0.231. The molecule has 0 aliphatic rings. The van der Waals surface area contributed by atoms with Gasteiger partial charge in [0.05, 0.1) is 13.7 Å². The third kappa shape index (κ3) is 7.53. The van der Waals surface area contributed by atoms with Crippen LogP contribution in [0.2, 0.25) is 0 Å². The van der Waals surface area contributed by atoms with E-state index < -0.39 is 0 Å². The molecule has 1 rings (SSSR count). The van der Waals surface area contributed by atoms with Crippen LogP contribution in [0.1, 0.15) is 38.7 Å². The van der Waals surface area contributed by atoms with Gasteiger partial charge in [0, 0.05) is 29.7 Å². The molecule has 0 saturated heterocycles. The van der Waals surface area contributed by atoms with Crippen LogP contribution in [0.3, 0.4) is 0 Å². The fourth-order valence-corrected chi connectivity index (χ4v) is 2.97. The van der Waals surface area contributed by atoms with Gasteiger partial charge in [-0.05, 0) is 43.9 Å². The quantitative estimate of drug-likeness (QED) is 0.417. The molecule has 1 unspecified atom stereocenters. The molecule has 24 heavy (non-hydrogen) atoms. The van der Waals surface area contributed by atoms with Crippen LogP contribution in [-0.2, 0) is 6.54 Å². The number of hydrogen-bond acceptors (Lipinski definition) is 3. The number of hydrogen-bond donors (Lipinski definition) is 3. The standard InChI is InChI=1S/C18H30BrN3O2/c1-4-6-14(9-10-23)12-21-18(20-5-2)22-13-15-11-16(19)7-8-17(15)24-3/h7-8,11,14,23H,4-6,9-10,12-13H2,1-3H3,(H2,20,21,22). The Morgan fingerprint density at radius 1 is 1.29 bits per heavy atom. The smallest absolute Gasteiger partial charge is 0.191 e. The van der Waals surface area contributed by atoms with Crippen molar-refractivity contribution in [3.63, 3.8) is 0 Å². The Bertz CT molecular complexity index is 503. The molecule has 0 spiro atoms. The third-order valence-corrected chi connectivity index (χ3v) is 4.28. The van der Waals surface area contributed by atoms with E-state index in [1.165, 1.54) is 0 Å². The summed E-state index contributed by atoms with van der Waals surface area (Å²) in [7, 11) is 1.67. The molecule has 0 saturated carbocycles. The Morgan fingerprint density at radius 3 is 2.71 bits per heavy atom. The molecule has 1 aromatic rings. The SMILES string of the molecule is CCCC(CCO)CNC(=NCc1cc(Br)ccc1OC)NCC. The molecule has 0 amide bonds. The number of rotatable bonds is 10. The van der Waals surface area contributed by atoms with Crippen LogP contribution < -0.4 is 15.4 Å². The highest BCUT2D eigenvalue weighted by Gasteiger charge is 2.09. The highest BCUT2D eigenvalue weighted by Crippen LogP contribution is 2.23. The fraction of sp³-hybridized carbons (Fsp3) is 0.611. The van der Waals surface area contributed by atoms with Crippen LogP contribution in [0.25, 0.3) is 0 Å². The van der Waals surface area contributed by atoms with Crippen molar-refractivity contribution >= 4 is 21.9 Å². The zero-order valence-electron chi connectivity index (χ0n) is 14.9. The van der Waals surface area contributed by atoms with E-state index in [1.54, 1.807) is 7.11 Å². The molecule has 0 radical (unpaired) electrons. The van der Waals surface area contributed by atoms with Crippen molar-refractivity contribution in [2.24, 2.45) is 10.9 Å². The van der Waals surface area contributed by atoms with Gasteiger partial charge in [0.15, 0.2) is 5.96 Å². The van der Waals surface area contributed by atoms with Crippen molar-refractivity contribution in [1.82, 2.24) is 10.6 Å². The first-order chi connectivity index (χ1) is 11.6. The first kappa shape index (κ1) is 20.8. The van der Waals surface area contributed by atoms with Crippen LogP contribution in [0, 0.1) is 5.92 Å². The van der Waals surface area contributed by atoms with Gasteiger partial charge in [-0.25, -0.2) is 4.99 Å². The second-order valence-electron chi connectivity index (χ2n) is 5.70. The topological polar surface area (TPSA) is 65.9 Å². The maximum Gasteiger partial charge on any atom is 0.191 e. The summed E-state index contributed by atoms with van der Waals surface area (Å²) in [5, 5.41) is 15.8. The number of guanidine groups is 1. The average molecular weight is 400 g/mol. The number of ether oxygens (including phenoxy) is 1. The molecule has 0 aliphatic carbocycles. The van der Waals surface area contributed by atoms with Crippen molar-refractivity contribution < 1.29 is 9.84 Å². The van der Waals surface area contributed by atoms with Gasteiger partial charge in [0.25, 0.3) is 0 Å². The molecule has 6 heteroatoms. The monoisotopic (exact) mass is 399 g/mol. The lowest BCUT2D eigenvalue weighted by Gasteiger charge is -2.18. The number of nitrogens with one attached hydrogen (secondary N) is 2. The second-order valence-corrected chi connectivity index (χ2v) is 6.61. The van der Waals surface area contributed by atoms with E-state index in [-0.39, 0.29) is 6.61 Å².